The second-order valence-electron chi connectivity index (χ2n) is 7.11. The van der Waals surface area contributed by atoms with Gasteiger partial charge in [-0.1, -0.05) is 30.7 Å². The minimum Gasteiger partial charge on any atom is -0.466 e. The van der Waals surface area contributed by atoms with Gasteiger partial charge >= 0.3 is 0 Å². The molecule has 2 aromatic heterocycles. The Labute approximate surface area is 167 Å². The van der Waals surface area contributed by atoms with Gasteiger partial charge in [0.15, 0.2) is 5.13 Å². The van der Waals surface area contributed by atoms with Gasteiger partial charge in [0.25, 0.3) is 0 Å². The molecule has 0 bridgehead atoms. The van der Waals surface area contributed by atoms with Crippen molar-refractivity contribution in [3.63, 3.8) is 0 Å². The fourth-order valence-electron chi connectivity index (χ4n) is 3.16. The summed E-state index contributed by atoms with van der Waals surface area (Å²) in [6, 6.07) is 11.8. The number of halogens is 1. The van der Waals surface area contributed by atoms with Crippen molar-refractivity contribution < 1.29 is 9.21 Å². The fourth-order valence-corrected chi connectivity index (χ4v) is 4.24. The number of anilines is 1. The predicted molar refractivity (Wildman–Crippen MR) is 109 cm³/mol. The van der Waals surface area contributed by atoms with E-state index in [0.29, 0.717) is 23.9 Å². The maximum Gasteiger partial charge on any atom is 0.226 e. The number of hydrogen-bond donors (Lipinski definition) is 1. The summed E-state index contributed by atoms with van der Waals surface area (Å²) >= 11 is 7.51. The number of benzene rings is 1. The largest absolute Gasteiger partial charge is 0.466 e. The Balaban J connectivity index is 1.27. The van der Waals surface area contributed by atoms with Gasteiger partial charge in [0.1, 0.15) is 11.5 Å². The molecule has 3 aromatic rings. The molecular weight excluding hydrogens is 380 g/mol. The minimum atomic E-state index is -0.0450. The molecule has 1 aliphatic rings. The van der Waals surface area contributed by atoms with E-state index in [-0.39, 0.29) is 5.91 Å². The zero-order valence-corrected chi connectivity index (χ0v) is 16.6. The topological polar surface area (TPSA) is 55.1 Å². The monoisotopic (exact) mass is 400 g/mol. The second kappa shape index (κ2) is 7.87. The standard InChI is InChI=1S/C21H21ClN2O2S/c1-13-9-18(13)19-7-5-16(26-19)6-8-20(25)24-21-23-12-17(27-21)11-14-3-2-4-15(22)10-14/h2-5,7,10,12-13,18H,6,8-9,11H2,1H3,(H,23,24,25)/t13-,18-/m0/s1. The van der Waals surface area contributed by atoms with Crippen LogP contribution in [0.1, 0.15) is 47.6 Å². The van der Waals surface area contributed by atoms with Crippen LogP contribution in [-0.4, -0.2) is 10.9 Å². The van der Waals surface area contributed by atoms with Crippen molar-refractivity contribution in [2.24, 2.45) is 5.92 Å². The summed E-state index contributed by atoms with van der Waals surface area (Å²) in [5.41, 5.74) is 1.13. The molecule has 0 saturated heterocycles. The summed E-state index contributed by atoms with van der Waals surface area (Å²) in [7, 11) is 0. The summed E-state index contributed by atoms with van der Waals surface area (Å²) in [5.74, 6) is 3.18. The van der Waals surface area contributed by atoms with Crippen LogP contribution in [0, 0.1) is 5.92 Å². The van der Waals surface area contributed by atoms with Crippen LogP contribution in [0.3, 0.4) is 0 Å². The Morgan fingerprint density at radius 2 is 2.22 bits per heavy atom. The molecule has 2 atom stereocenters. The van der Waals surface area contributed by atoms with Crippen LogP contribution in [0.2, 0.25) is 5.02 Å². The number of aromatic nitrogens is 1. The molecule has 1 N–H and O–H groups in total. The molecule has 1 saturated carbocycles. The van der Waals surface area contributed by atoms with Crippen molar-refractivity contribution in [2.75, 3.05) is 5.32 Å². The number of nitrogens with zero attached hydrogens (tertiary/aromatic N) is 1. The van der Waals surface area contributed by atoms with E-state index < -0.39 is 0 Å². The molecule has 1 aromatic carbocycles. The third-order valence-corrected chi connectivity index (χ3v) is 5.97. The van der Waals surface area contributed by atoms with Gasteiger partial charge in [-0.05, 0) is 42.2 Å². The molecule has 2 heterocycles. The third kappa shape index (κ3) is 4.79. The molecule has 1 fully saturated rings. The lowest BCUT2D eigenvalue weighted by molar-refractivity contribution is -0.116. The van der Waals surface area contributed by atoms with Crippen molar-refractivity contribution >= 4 is 34.0 Å². The number of carbonyl (C=O) groups excluding carboxylic acids is 1. The molecule has 0 unspecified atom stereocenters. The van der Waals surface area contributed by atoms with Gasteiger partial charge in [0.05, 0.1) is 0 Å². The number of nitrogens with one attached hydrogen (secondary N) is 1. The highest BCUT2D eigenvalue weighted by Crippen LogP contribution is 2.47. The Bertz CT molecular complexity index is 949. The molecule has 1 aliphatic carbocycles. The highest BCUT2D eigenvalue weighted by Gasteiger charge is 2.36. The molecule has 1 amide bonds. The molecule has 27 heavy (non-hydrogen) atoms. The summed E-state index contributed by atoms with van der Waals surface area (Å²) in [6.07, 6.45) is 4.75. The summed E-state index contributed by atoms with van der Waals surface area (Å²) in [5, 5.41) is 4.23. The first-order valence-corrected chi connectivity index (χ1v) is 10.3. The number of thiazole rings is 1. The first kappa shape index (κ1) is 18.3. The van der Waals surface area contributed by atoms with E-state index in [1.54, 1.807) is 6.20 Å². The van der Waals surface area contributed by atoms with Crippen LogP contribution in [0.25, 0.3) is 0 Å². The molecule has 0 spiro atoms. The second-order valence-corrected chi connectivity index (χ2v) is 8.66. The summed E-state index contributed by atoms with van der Waals surface area (Å²) < 4.78 is 5.85. The molecule has 4 rings (SSSR count). The molecule has 6 heteroatoms. The lowest BCUT2D eigenvalue weighted by Gasteiger charge is -2.01. The van der Waals surface area contributed by atoms with Gasteiger partial charge in [0, 0.05) is 41.3 Å². The number of carbonyl (C=O) groups is 1. The maximum atomic E-state index is 12.2. The van der Waals surface area contributed by atoms with Crippen LogP contribution in [-0.2, 0) is 17.6 Å². The number of aryl methyl sites for hydroxylation is 1. The van der Waals surface area contributed by atoms with E-state index in [1.165, 1.54) is 17.8 Å². The Morgan fingerprint density at radius 3 is 3.00 bits per heavy atom. The third-order valence-electron chi connectivity index (χ3n) is 4.82. The molecule has 140 valence electrons. The van der Waals surface area contributed by atoms with Crippen LogP contribution in [0.4, 0.5) is 5.13 Å². The number of furan rings is 1. The highest BCUT2D eigenvalue weighted by atomic mass is 35.5. The van der Waals surface area contributed by atoms with Gasteiger partial charge in [-0.2, -0.15) is 0 Å². The van der Waals surface area contributed by atoms with Crippen molar-refractivity contribution in [1.29, 1.82) is 0 Å². The minimum absolute atomic E-state index is 0.0450. The maximum absolute atomic E-state index is 12.2. The van der Waals surface area contributed by atoms with Crippen LogP contribution in [0.5, 0.6) is 0 Å². The number of amides is 1. The number of hydrogen-bond acceptors (Lipinski definition) is 4. The predicted octanol–water partition coefficient (Wildman–Crippen LogP) is 5.68. The quantitative estimate of drug-likeness (QED) is 0.555. The average Bonchev–Trinajstić information content (AvgIpc) is 3.02. The number of rotatable bonds is 7. The van der Waals surface area contributed by atoms with E-state index >= 15 is 0 Å². The zero-order valence-electron chi connectivity index (χ0n) is 15.1. The van der Waals surface area contributed by atoms with Crippen LogP contribution in [0.15, 0.2) is 47.0 Å². The molecule has 4 nitrogen and oxygen atoms in total. The van der Waals surface area contributed by atoms with Crippen molar-refractivity contribution in [2.45, 2.75) is 38.5 Å². The Kier molecular flexibility index (Phi) is 5.32. The first-order valence-electron chi connectivity index (χ1n) is 9.14. The average molecular weight is 401 g/mol. The summed E-state index contributed by atoms with van der Waals surface area (Å²) in [6.45, 7) is 2.23. The summed E-state index contributed by atoms with van der Waals surface area (Å²) in [4.78, 5) is 17.6. The van der Waals surface area contributed by atoms with E-state index in [2.05, 4.69) is 17.2 Å². The SMILES string of the molecule is C[C@H]1C[C@@H]1c1ccc(CCC(=O)Nc2ncc(Cc3cccc(Cl)c3)s2)o1. The van der Waals surface area contributed by atoms with Crippen molar-refractivity contribution in [3.05, 3.63) is 69.6 Å². The highest BCUT2D eigenvalue weighted by molar-refractivity contribution is 7.15. The van der Waals surface area contributed by atoms with Gasteiger partial charge in [0.2, 0.25) is 5.91 Å². The Hall–Kier alpha value is -2.11. The van der Waals surface area contributed by atoms with Gasteiger partial charge < -0.3 is 9.73 Å². The van der Waals surface area contributed by atoms with Gasteiger partial charge in [-0.3, -0.25) is 4.79 Å². The van der Waals surface area contributed by atoms with Crippen molar-refractivity contribution in [3.8, 4) is 0 Å². The molecular formula is C21H21ClN2O2S. The van der Waals surface area contributed by atoms with E-state index in [0.717, 1.165) is 39.3 Å². The molecule has 0 aliphatic heterocycles. The van der Waals surface area contributed by atoms with Crippen LogP contribution >= 0.6 is 22.9 Å². The van der Waals surface area contributed by atoms with E-state index in [9.17, 15) is 4.79 Å². The molecule has 0 radical (unpaired) electrons. The first-order chi connectivity index (χ1) is 13.1. The zero-order chi connectivity index (χ0) is 18.8. The Morgan fingerprint density at radius 1 is 1.37 bits per heavy atom. The van der Waals surface area contributed by atoms with Crippen LogP contribution < -0.4 is 5.32 Å². The van der Waals surface area contributed by atoms with Crippen molar-refractivity contribution in [1.82, 2.24) is 4.98 Å². The van der Waals surface area contributed by atoms with E-state index in [4.69, 9.17) is 16.0 Å². The van der Waals surface area contributed by atoms with E-state index in [1.807, 2.05) is 36.4 Å². The normalized spacial score (nSPS) is 18.4. The lowest BCUT2D eigenvalue weighted by atomic mass is 10.1. The van der Waals surface area contributed by atoms with Gasteiger partial charge in [-0.15, -0.1) is 11.3 Å². The van der Waals surface area contributed by atoms with Gasteiger partial charge in [-0.25, -0.2) is 4.98 Å². The lowest BCUT2D eigenvalue weighted by Crippen LogP contribution is -2.11. The smallest absolute Gasteiger partial charge is 0.226 e. The fraction of sp³-hybridized carbons (Fsp3) is 0.333.